The van der Waals surface area contributed by atoms with Crippen LogP contribution in [0.25, 0.3) is 10.9 Å². The van der Waals surface area contributed by atoms with E-state index in [4.69, 9.17) is 0 Å². The number of esters is 1. The number of carbonyl (C=O) groups excluding carboxylic acids is 1. The highest BCUT2D eigenvalue weighted by Crippen LogP contribution is 2.21. The molecule has 2 aromatic heterocycles. The van der Waals surface area contributed by atoms with E-state index in [1.807, 2.05) is 24.4 Å². The van der Waals surface area contributed by atoms with E-state index >= 15 is 0 Å². The summed E-state index contributed by atoms with van der Waals surface area (Å²) in [7, 11) is 1.35. The number of benzene rings is 1. The summed E-state index contributed by atoms with van der Waals surface area (Å²) >= 11 is 1.24. The van der Waals surface area contributed by atoms with Crippen molar-refractivity contribution in [3.8, 4) is 0 Å². The third-order valence-corrected chi connectivity index (χ3v) is 3.81. The molecule has 0 aliphatic carbocycles. The average molecular weight is 302 g/mol. The van der Waals surface area contributed by atoms with Crippen molar-refractivity contribution in [2.45, 2.75) is 6.42 Å². The smallest absolute Gasteiger partial charge is 0.325 e. The zero-order valence-corrected chi connectivity index (χ0v) is 12.2. The molecule has 0 aliphatic heterocycles. The van der Waals surface area contributed by atoms with Gasteiger partial charge in [0.25, 0.3) is 0 Å². The second-order valence-electron chi connectivity index (χ2n) is 4.48. The molecule has 0 amide bonds. The van der Waals surface area contributed by atoms with Gasteiger partial charge in [-0.2, -0.15) is 4.37 Å². The summed E-state index contributed by atoms with van der Waals surface area (Å²) in [6.07, 6.45) is 2.63. The number of rotatable bonds is 5. The molecule has 0 unspecified atom stereocenters. The second-order valence-corrected chi connectivity index (χ2v) is 5.23. The summed E-state index contributed by atoms with van der Waals surface area (Å²) in [5.41, 5.74) is 2.26. The quantitative estimate of drug-likeness (QED) is 0.706. The fraction of sp³-hybridized carbons (Fsp3) is 0.214. The summed E-state index contributed by atoms with van der Waals surface area (Å²) in [5, 5.41) is 4.69. The van der Waals surface area contributed by atoms with Gasteiger partial charge in [-0.25, -0.2) is 4.98 Å². The van der Waals surface area contributed by atoms with Crippen molar-refractivity contribution >= 4 is 33.5 Å². The zero-order chi connectivity index (χ0) is 14.7. The molecule has 6 nitrogen and oxygen atoms in total. The first kappa shape index (κ1) is 13.6. The molecule has 0 atom stereocenters. The number of fused-ring (bicyclic) bond motifs is 1. The van der Waals surface area contributed by atoms with E-state index in [-0.39, 0.29) is 12.5 Å². The zero-order valence-electron chi connectivity index (χ0n) is 11.4. The Morgan fingerprint density at radius 1 is 1.43 bits per heavy atom. The molecule has 7 heteroatoms. The monoisotopic (exact) mass is 302 g/mol. The molecule has 0 radical (unpaired) electrons. The molecule has 2 heterocycles. The Bertz CT molecular complexity index is 765. The molecule has 0 saturated heterocycles. The lowest BCUT2D eigenvalue weighted by molar-refractivity contribution is -0.138. The maximum atomic E-state index is 11.1. The largest absolute Gasteiger partial charge is 0.468 e. The van der Waals surface area contributed by atoms with E-state index in [0.29, 0.717) is 11.6 Å². The predicted octanol–water partition coefficient (Wildman–Crippen LogP) is 2.20. The number of aromatic nitrogens is 3. The standard InChI is InChI=1S/C14H14N4O2S/c1-20-13(19)8-16-14-17-12(18-21-14)6-9-7-15-11-5-3-2-4-10(9)11/h2-5,7,15H,6,8H2,1H3,(H,16,17,18). The van der Waals surface area contributed by atoms with E-state index in [0.717, 1.165) is 16.9 Å². The van der Waals surface area contributed by atoms with Crippen LogP contribution in [0, 0.1) is 0 Å². The predicted molar refractivity (Wildman–Crippen MR) is 81.5 cm³/mol. The van der Waals surface area contributed by atoms with Crippen LogP contribution in [0.2, 0.25) is 0 Å². The normalized spacial score (nSPS) is 10.7. The minimum atomic E-state index is -0.330. The Morgan fingerprint density at radius 2 is 2.29 bits per heavy atom. The molecule has 0 aliphatic rings. The van der Waals surface area contributed by atoms with Crippen LogP contribution in [0.15, 0.2) is 30.5 Å². The number of nitrogens with one attached hydrogen (secondary N) is 2. The molecule has 1 aromatic carbocycles. The SMILES string of the molecule is COC(=O)CNc1nc(Cc2c[nH]c3ccccc23)ns1. The fourth-order valence-corrected chi connectivity index (χ4v) is 2.65. The van der Waals surface area contributed by atoms with Gasteiger partial charge in [-0.05, 0) is 11.6 Å². The number of H-pyrrole nitrogens is 1. The molecular weight excluding hydrogens is 288 g/mol. The summed E-state index contributed by atoms with van der Waals surface area (Å²) in [6, 6.07) is 8.12. The van der Waals surface area contributed by atoms with Crippen LogP contribution in [0.5, 0.6) is 0 Å². The van der Waals surface area contributed by atoms with Crippen LogP contribution in [-0.2, 0) is 16.0 Å². The topological polar surface area (TPSA) is 79.9 Å². The van der Waals surface area contributed by atoms with E-state index < -0.39 is 0 Å². The Kier molecular flexibility index (Phi) is 3.83. The van der Waals surface area contributed by atoms with Gasteiger partial charge < -0.3 is 15.0 Å². The van der Waals surface area contributed by atoms with Crippen LogP contribution < -0.4 is 5.32 Å². The van der Waals surface area contributed by atoms with E-state index in [9.17, 15) is 4.79 Å². The Labute approximate surface area is 125 Å². The molecule has 21 heavy (non-hydrogen) atoms. The van der Waals surface area contributed by atoms with Crippen molar-refractivity contribution in [1.29, 1.82) is 0 Å². The van der Waals surface area contributed by atoms with Gasteiger partial charge in [0.2, 0.25) is 5.13 Å². The second kappa shape index (κ2) is 5.92. The molecule has 0 saturated carbocycles. The minimum absolute atomic E-state index is 0.0955. The number of para-hydroxylation sites is 1. The number of ether oxygens (including phenoxy) is 1. The van der Waals surface area contributed by atoms with Crippen LogP contribution in [0.3, 0.4) is 0 Å². The van der Waals surface area contributed by atoms with Crippen molar-refractivity contribution in [2.75, 3.05) is 19.0 Å². The summed E-state index contributed by atoms with van der Waals surface area (Å²) in [6.45, 7) is 0.0955. The molecule has 0 spiro atoms. The first-order valence-electron chi connectivity index (χ1n) is 6.44. The first-order chi connectivity index (χ1) is 10.3. The molecule has 108 valence electrons. The van der Waals surface area contributed by atoms with Gasteiger partial charge in [0, 0.05) is 35.1 Å². The Balaban J connectivity index is 1.71. The van der Waals surface area contributed by atoms with Gasteiger partial charge in [0.1, 0.15) is 12.4 Å². The first-order valence-corrected chi connectivity index (χ1v) is 7.22. The van der Waals surface area contributed by atoms with Crippen LogP contribution in [0.4, 0.5) is 5.13 Å². The summed E-state index contributed by atoms with van der Waals surface area (Å²) in [4.78, 5) is 18.7. The van der Waals surface area contributed by atoms with Gasteiger partial charge in [0.05, 0.1) is 7.11 Å². The minimum Gasteiger partial charge on any atom is -0.468 e. The van der Waals surface area contributed by atoms with Crippen molar-refractivity contribution in [3.63, 3.8) is 0 Å². The number of aromatic amines is 1. The number of nitrogens with zero attached hydrogens (tertiary/aromatic N) is 2. The highest BCUT2D eigenvalue weighted by atomic mass is 32.1. The van der Waals surface area contributed by atoms with Crippen LogP contribution in [-0.4, -0.2) is 34.0 Å². The molecule has 3 aromatic rings. The maximum Gasteiger partial charge on any atom is 0.325 e. The molecule has 0 fully saturated rings. The number of anilines is 1. The third-order valence-electron chi connectivity index (χ3n) is 3.10. The van der Waals surface area contributed by atoms with Gasteiger partial charge in [-0.3, -0.25) is 4.79 Å². The van der Waals surface area contributed by atoms with E-state index in [1.54, 1.807) is 0 Å². The Morgan fingerprint density at radius 3 is 3.14 bits per heavy atom. The van der Waals surface area contributed by atoms with Gasteiger partial charge in [-0.15, -0.1) is 0 Å². The number of methoxy groups -OCH3 is 1. The van der Waals surface area contributed by atoms with Crippen molar-refractivity contribution in [3.05, 3.63) is 41.9 Å². The highest BCUT2D eigenvalue weighted by Gasteiger charge is 2.09. The fourth-order valence-electron chi connectivity index (χ4n) is 2.07. The van der Waals surface area contributed by atoms with E-state index in [2.05, 4.69) is 30.5 Å². The van der Waals surface area contributed by atoms with Crippen LogP contribution >= 0.6 is 11.5 Å². The van der Waals surface area contributed by atoms with E-state index in [1.165, 1.54) is 24.0 Å². The lowest BCUT2D eigenvalue weighted by Crippen LogP contribution is -2.14. The van der Waals surface area contributed by atoms with Crippen molar-refractivity contribution < 1.29 is 9.53 Å². The average Bonchev–Trinajstić information content (AvgIpc) is 3.13. The maximum absolute atomic E-state index is 11.1. The lowest BCUT2D eigenvalue weighted by Gasteiger charge is -1.98. The van der Waals surface area contributed by atoms with Gasteiger partial charge >= 0.3 is 5.97 Å². The number of hydrogen-bond donors (Lipinski definition) is 2. The van der Waals surface area contributed by atoms with Crippen molar-refractivity contribution in [1.82, 2.24) is 14.3 Å². The molecule has 3 rings (SSSR count). The molecular formula is C14H14N4O2S. The summed E-state index contributed by atoms with van der Waals surface area (Å²) < 4.78 is 8.87. The van der Waals surface area contributed by atoms with Gasteiger partial charge in [0.15, 0.2) is 0 Å². The van der Waals surface area contributed by atoms with Crippen molar-refractivity contribution in [2.24, 2.45) is 0 Å². The summed E-state index contributed by atoms with van der Waals surface area (Å²) in [5.74, 6) is 0.403. The number of hydrogen-bond acceptors (Lipinski definition) is 6. The highest BCUT2D eigenvalue weighted by molar-refractivity contribution is 7.09. The van der Waals surface area contributed by atoms with Gasteiger partial charge in [-0.1, -0.05) is 18.2 Å². The third kappa shape index (κ3) is 3.03. The Hall–Kier alpha value is -2.41. The lowest BCUT2D eigenvalue weighted by atomic mass is 10.1. The number of carbonyl (C=O) groups is 1. The molecule has 2 N–H and O–H groups in total. The van der Waals surface area contributed by atoms with Crippen LogP contribution in [0.1, 0.15) is 11.4 Å². The molecule has 0 bridgehead atoms.